The summed E-state index contributed by atoms with van der Waals surface area (Å²) in [5.74, 6) is -0.857. The van der Waals surface area contributed by atoms with Crippen molar-refractivity contribution in [1.82, 2.24) is 4.90 Å². The summed E-state index contributed by atoms with van der Waals surface area (Å²) in [4.78, 5) is 27.5. The lowest BCUT2D eigenvalue weighted by Crippen LogP contribution is -2.75. The summed E-state index contributed by atoms with van der Waals surface area (Å²) < 4.78 is 6.29. The summed E-state index contributed by atoms with van der Waals surface area (Å²) >= 11 is 0. The van der Waals surface area contributed by atoms with Gasteiger partial charge in [0.1, 0.15) is 5.76 Å². The fraction of sp³-hybridized carbons (Fsp3) is 0.371. The molecule has 0 radical (unpaired) electrons. The van der Waals surface area contributed by atoms with E-state index in [1.165, 1.54) is 25.0 Å². The molecule has 2 aliphatic heterocycles. The Balaban J connectivity index is 0.00000312. The van der Waals surface area contributed by atoms with Crippen molar-refractivity contribution in [1.29, 1.82) is 0 Å². The second-order valence-electron chi connectivity index (χ2n) is 12.7. The molecule has 3 aromatic carbocycles. The number of anilines is 1. The standard InChI is InChI=1S/C34H32N2O7.CH4/c37-25-11-10-22-15-26-34(42)16-24(28(38)30-33(34,27(22)29(25)43-30)12-13-36(26)17-18-4-5-18)31(39)35-23-3-1-2-21(14-23)19-6-8-20(9-7-19)32(40)41;/h1-3,6-11,14,18,26,30,37-38,42H,4-5,12-13,15-17H2,(H,35,39)(H,40,41);1H4/t26-,30+,33+,34-;/m1./s1. The van der Waals surface area contributed by atoms with Crippen LogP contribution in [0.3, 0.4) is 0 Å². The number of piperidine rings is 1. The number of carboxylic acid groups (broad SMARTS) is 1. The van der Waals surface area contributed by atoms with Crippen LogP contribution in [-0.4, -0.2) is 68.0 Å². The lowest BCUT2D eigenvalue weighted by atomic mass is 9.49. The average Bonchev–Trinajstić information content (AvgIpc) is 3.74. The van der Waals surface area contributed by atoms with Gasteiger partial charge in [-0.25, -0.2) is 4.79 Å². The highest BCUT2D eigenvalue weighted by Gasteiger charge is 2.73. The molecule has 44 heavy (non-hydrogen) atoms. The number of phenols is 1. The quantitative estimate of drug-likeness (QED) is 0.267. The Morgan fingerprint density at radius 2 is 1.80 bits per heavy atom. The molecule has 0 aromatic heterocycles. The molecule has 4 atom stereocenters. The fourth-order valence-corrected chi connectivity index (χ4v) is 8.16. The molecule has 5 aliphatic rings. The second kappa shape index (κ2) is 9.84. The topological polar surface area (TPSA) is 140 Å². The molecule has 3 aromatic rings. The molecule has 0 unspecified atom stereocenters. The summed E-state index contributed by atoms with van der Waals surface area (Å²) in [6, 6.07) is 16.9. The Kier molecular flexibility index (Phi) is 6.36. The molecular formula is C35H36N2O7. The van der Waals surface area contributed by atoms with Crippen LogP contribution in [0, 0.1) is 5.92 Å². The van der Waals surface area contributed by atoms with Gasteiger partial charge in [0.15, 0.2) is 17.6 Å². The number of aromatic carboxylic acids is 1. The van der Waals surface area contributed by atoms with Gasteiger partial charge in [-0.3, -0.25) is 9.69 Å². The Bertz CT molecular complexity index is 1730. The number of aliphatic hydroxyl groups is 2. The number of carboxylic acids is 1. The summed E-state index contributed by atoms with van der Waals surface area (Å²) in [7, 11) is 0. The van der Waals surface area contributed by atoms with E-state index in [1.54, 1.807) is 36.4 Å². The molecule has 1 spiro atoms. The van der Waals surface area contributed by atoms with Gasteiger partial charge >= 0.3 is 5.97 Å². The SMILES string of the molecule is C.O=C(Nc1cccc(-c2ccc(C(=O)O)cc2)c1)C1=C(O)[C@@H]2Oc3c(O)ccc4c3[C@@]23CCN(CC2CC2)[C@H](C4)[C@]3(O)C1. The third-order valence-electron chi connectivity index (χ3n) is 10.4. The van der Waals surface area contributed by atoms with Crippen LogP contribution in [0.4, 0.5) is 5.69 Å². The number of benzene rings is 3. The second-order valence-corrected chi connectivity index (χ2v) is 12.7. The predicted octanol–water partition coefficient (Wildman–Crippen LogP) is 5.02. The van der Waals surface area contributed by atoms with Crippen molar-refractivity contribution in [2.45, 2.75) is 62.7 Å². The molecular weight excluding hydrogens is 560 g/mol. The predicted molar refractivity (Wildman–Crippen MR) is 164 cm³/mol. The van der Waals surface area contributed by atoms with E-state index in [2.05, 4.69) is 10.2 Å². The van der Waals surface area contributed by atoms with Crippen LogP contribution in [-0.2, 0) is 16.6 Å². The van der Waals surface area contributed by atoms with Gasteiger partial charge in [-0.15, -0.1) is 0 Å². The van der Waals surface area contributed by atoms with Crippen LogP contribution in [0.15, 0.2) is 72.0 Å². The van der Waals surface area contributed by atoms with Crippen molar-refractivity contribution in [3.63, 3.8) is 0 Å². The van der Waals surface area contributed by atoms with Gasteiger partial charge in [0, 0.05) is 30.3 Å². The maximum absolute atomic E-state index is 13.9. The largest absolute Gasteiger partial charge is 0.508 e. The Hall–Kier alpha value is -4.34. The molecule has 9 heteroatoms. The van der Waals surface area contributed by atoms with Gasteiger partial charge in [-0.1, -0.05) is 37.8 Å². The van der Waals surface area contributed by atoms with Crippen LogP contribution >= 0.6 is 0 Å². The number of rotatable bonds is 6. The van der Waals surface area contributed by atoms with Gasteiger partial charge in [0.25, 0.3) is 5.91 Å². The van der Waals surface area contributed by atoms with Crippen LogP contribution < -0.4 is 10.1 Å². The van der Waals surface area contributed by atoms with Crippen molar-refractivity contribution in [2.75, 3.05) is 18.4 Å². The molecule has 3 aliphatic carbocycles. The number of aromatic hydroxyl groups is 1. The highest BCUT2D eigenvalue weighted by atomic mass is 16.5. The number of phenolic OH excluding ortho intramolecular Hbond substituents is 1. The van der Waals surface area contributed by atoms with Crippen molar-refractivity contribution >= 4 is 17.6 Å². The molecule has 1 saturated heterocycles. The lowest BCUT2D eigenvalue weighted by Gasteiger charge is -2.62. The number of amides is 1. The number of ether oxygens (including phenoxy) is 1. The van der Waals surface area contributed by atoms with Crippen molar-refractivity contribution in [3.05, 3.63) is 88.7 Å². The first-order chi connectivity index (χ1) is 20.7. The van der Waals surface area contributed by atoms with Gasteiger partial charge in [-0.2, -0.15) is 0 Å². The van der Waals surface area contributed by atoms with Crippen molar-refractivity contribution < 1.29 is 34.8 Å². The zero-order valence-corrected chi connectivity index (χ0v) is 23.4. The normalized spacial score (nSPS) is 28.0. The van der Waals surface area contributed by atoms with Crippen LogP contribution in [0.5, 0.6) is 11.5 Å². The van der Waals surface area contributed by atoms with Crippen molar-refractivity contribution in [3.8, 4) is 22.6 Å². The van der Waals surface area contributed by atoms with E-state index in [0.717, 1.165) is 35.3 Å². The Morgan fingerprint density at radius 3 is 2.52 bits per heavy atom. The van der Waals surface area contributed by atoms with E-state index < -0.39 is 29.0 Å². The van der Waals surface area contributed by atoms with Gasteiger partial charge in [0.2, 0.25) is 0 Å². The van der Waals surface area contributed by atoms with Gasteiger partial charge < -0.3 is 30.5 Å². The van der Waals surface area contributed by atoms with E-state index in [0.29, 0.717) is 30.2 Å². The molecule has 2 fully saturated rings. The minimum atomic E-state index is -1.39. The molecule has 5 N–H and O–H groups in total. The maximum atomic E-state index is 13.9. The number of carbonyl (C=O) groups excluding carboxylic acids is 1. The molecule has 1 saturated carbocycles. The Labute approximate surface area is 255 Å². The molecule has 1 amide bonds. The first kappa shape index (κ1) is 28.4. The monoisotopic (exact) mass is 596 g/mol. The lowest BCUT2D eigenvalue weighted by molar-refractivity contribution is -0.172. The number of carbonyl (C=O) groups is 2. The number of aliphatic hydroxyl groups excluding tert-OH is 1. The van der Waals surface area contributed by atoms with E-state index in [4.69, 9.17) is 4.74 Å². The molecule has 2 heterocycles. The Morgan fingerprint density at radius 1 is 1.02 bits per heavy atom. The molecule has 8 rings (SSSR count). The average molecular weight is 597 g/mol. The third kappa shape index (κ3) is 3.92. The first-order valence-electron chi connectivity index (χ1n) is 14.8. The fourth-order valence-electron chi connectivity index (χ4n) is 8.16. The van der Waals surface area contributed by atoms with Gasteiger partial charge in [0.05, 0.1) is 22.2 Å². The van der Waals surface area contributed by atoms with E-state index in [1.807, 2.05) is 12.1 Å². The summed E-state index contributed by atoms with van der Waals surface area (Å²) in [6.07, 6.45) is 2.46. The van der Waals surface area contributed by atoms with Crippen molar-refractivity contribution in [2.24, 2.45) is 5.92 Å². The molecule has 9 nitrogen and oxygen atoms in total. The summed E-state index contributed by atoms with van der Waals surface area (Å²) in [6.45, 7) is 1.64. The maximum Gasteiger partial charge on any atom is 0.335 e. The molecule has 228 valence electrons. The van der Waals surface area contributed by atoms with E-state index >= 15 is 0 Å². The van der Waals surface area contributed by atoms with E-state index in [9.17, 15) is 30.0 Å². The highest BCUT2D eigenvalue weighted by Crippen LogP contribution is 2.66. The summed E-state index contributed by atoms with van der Waals surface area (Å²) in [5, 5.41) is 47.3. The number of hydrogen-bond donors (Lipinski definition) is 5. The third-order valence-corrected chi connectivity index (χ3v) is 10.4. The number of nitrogens with one attached hydrogen (secondary N) is 1. The minimum absolute atomic E-state index is 0. The van der Waals surface area contributed by atoms with Crippen LogP contribution in [0.2, 0.25) is 0 Å². The minimum Gasteiger partial charge on any atom is -0.508 e. The van der Waals surface area contributed by atoms with E-state index in [-0.39, 0.29) is 42.5 Å². The number of nitrogens with zero attached hydrogens (tertiary/aromatic N) is 1. The summed E-state index contributed by atoms with van der Waals surface area (Å²) in [5.41, 5.74) is 1.76. The number of hydrogen-bond acceptors (Lipinski definition) is 7. The first-order valence-corrected chi connectivity index (χ1v) is 14.8. The number of likely N-dealkylation sites (tertiary alicyclic amines) is 1. The zero-order valence-electron chi connectivity index (χ0n) is 23.4. The molecule has 2 bridgehead atoms. The highest BCUT2D eigenvalue weighted by molar-refractivity contribution is 6.05. The van der Waals surface area contributed by atoms with Crippen LogP contribution in [0.25, 0.3) is 11.1 Å². The zero-order chi connectivity index (χ0) is 29.7. The van der Waals surface area contributed by atoms with Crippen LogP contribution in [0.1, 0.15) is 54.6 Å². The van der Waals surface area contributed by atoms with Gasteiger partial charge in [-0.05, 0) is 85.2 Å². The smallest absolute Gasteiger partial charge is 0.335 e.